The van der Waals surface area contributed by atoms with Crippen LogP contribution in [0.25, 0.3) is 0 Å². The lowest BCUT2D eigenvalue weighted by molar-refractivity contribution is -0.108. The van der Waals surface area contributed by atoms with Gasteiger partial charge in [-0.3, -0.25) is 4.84 Å². The largest absolute Gasteiger partial charge is 0.284 e. The molecule has 1 aliphatic heterocycles. The van der Waals surface area contributed by atoms with Crippen molar-refractivity contribution in [3.8, 4) is 0 Å². The van der Waals surface area contributed by atoms with Crippen molar-refractivity contribution in [2.24, 2.45) is 0 Å². The van der Waals surface area contributed by atoms with E-state index < -0.39 is 10.0 Å². The number of sulfonamides is 1. The minimum atomic E-state index is -3.39. The summed E-state index contributed by atoms with van der Waals surface area (Å²) in [5.74, 6) is 0. The Hall–Kier alpha value is -0.430. The van der Waals surface area contributed by atoms with Gasteiger partial charge in [-0.25, -0.2) is 8.42 Å². The number of rotatable bonds is 2. The summed E-state index contributed by atoms with van der Waals surface area (Å²) in [5.41, 5.74) is 0. The molecule has 0 atom stereocenters. The first-order valence-corrected chi connectivity index (χ1v) is 6.72. The molecule has 4 nitrogen and oxygen atoms in total. The molecule has 2 rings (SSSR count). The van der Waals surface area contributed by atoms with Gasteiger partial charge in [-0.05, 0) is 24.3 Å². The molecule has 1 aromatic heterocycles. The topological polar surface area (TPSA) is 46.6 Å². The molecular weight excluding hydrogens is 222 g/mol. The molecule has 0 spiro atoms. The lowest BCUT2D eigenvalue weighted by Crippen LogP contribution is -2.35. The number of hydrogen-bond acceptors (Lipinski definition) is 4. The first-order chi connectivity index (χ1) is 6.71. The van der Waals surface area contributed by atoms with Gasteiger partial charge in [0.05, 0.1) is 6.61 Å². The van der Waals surface area contributed by atoms with E-state index in [2.05, 4.69) is 0 Å². The van der Waals surface area contributed by atoms with Gasteiger partial charge in [0.15, 0.2) is 0 Å². The van der Waals surface area contributed by atoms with Crippen LogP contribution >= 0.6 is 11.3 Å². The lowest BCUT2D eigenvalue weighted by Gasteiger charge is -2.24. The monoisotopic (exact) mass is 233 g/mol. The van der Waals surface area contributed by atoms with Crippen LogP contribution in [0.3, 0.4) is 0 Å². The van der Waals surface area contributed by atoms with E-state index in [0.29, 0.717) is 17.4 Å². The van der Waals surface area contributed by atoms with Crippen LogP contribution in [-0.2, 0) is 14.9 Å². The summed E-state index contributed by atoms with van der Waals surface area (Å²) in [6.07, 6.45) is 1.79. The van der Waals surface area contributed by atoms with Gasteiger partial charge in [0.25, 0.3) is 10.0 Å². The van der Waals surface area contributed by atoms with Gasteiger partial charge in [0.2, 0.25) is 0 Å². The highest BCUT2D eigenvalue weighted by Gasteiger charge is 2.27. The van der Waals surface area contributed by atoms with Crippen LogP contribution in [0.4, 0.5) is 0 Å². The Bertz CT molecular complexity index is 379. The van der Waals surface area contributed by atoms with Crippen molar-refractivity contribution in [2.75, 3.05) is 13.2 Å². The number of hydrogen-bond donors (Lipinski definition) is 0. The summed E-state index contributed by atoms with van der Waals surface area (Å²) < 4.78 is 25.2. The zero-order valence-corrected chi connectivity index (χ0v) is 9.18. The van der Waals surface area contributed by atoms with E-state index in [0.717, 1.165) is 17.3 Å². The van der Waals surface area contributed by atoms with Gasteiger partial charge in [-0.15, -0.1) is 11.3 Å². The van der Waals surface area contributed by atoms with Crippen molar-refractivity contribution in [2.45, 2.75) is 17.1 Å². The molecule has 0 saturated carbocycles. The van der Waals surface area contributed by atoms with E-state index in [-0.39, 0.29) is 0 Å². The molecule has 0 unspecified atom stereocenters. The third-order valence-corrected chi connectivity index (χ3v) is 5.04. The van der Waals surface area contributed by atoms with Gasteiger partial charge >= 0.3 is 0 Å². The fourth-order valence-electron chi connectivity index (χ4n) is 1.27. The van der Waals surface area contributed by atoms with Crippen molar-refractivity contribution in [1.82, 2.24) is 4.47 Å². The molecule has 1 aliphatic rings. The van der Waals surface area contributed by atoms with E-state index in [9.17, 15) is 8.42 Å². The predicted molar refractivity (Wildman–Crippen MR) is 53.4 cm³/mol. The molecule has 14 heavy (non-hydrogen) atoms. The van der Waals surface area contributed by atoms with E-state index in [1.165, 1.54) is 11.3 Å². The second kappa shape index (κ2) is 3.98. The third-order valence-electron chi connectivity index (χ3n) is 1.99. The van der Waals surface area contributed by atoms with Gasteiger partial charge in [0.1, 0.15) is 4.21 Å². The summed E-state index contributed by atoms with van der Waals surface area (Å²) in [4.78, 5) is 5.12. The summed E-state index contributed by atoms with van der Waals surface area (Å²) in [7, 11) is -3.39. The number of thiophene rings is 1. The molecule has 1 saturated heterocycles. The highest BCUT2D eigenvalue weighted by atomic mass is 32.2. The maximum absolute atomic E-state index is 11.9. The third kappa shape index (κ3) is 1.83. The Morgan fingerprint density at radius 3 is 2.86 bits per heavy atom. The Morgan fingerprint density at radius 1 is 1.43 bits per heavy atom. The van der Waals surface area contributed by atoms with Crippen molar-refractivity contribution in [1.29, 1.82) is 0 Å². The smallest absolute Gasteiger partial charge is 0.274 e. The minimum absolute atomic E-state index is 0.347. The number of nitrogens with zero attached hydrogens (tertiary/aromatic N) is 1. The fraction of sp³-hybridized carbons (Fsp3) is 0.500. The highest BCUT2D eigenvalue weighted by molar-refractivity contribution is 7.91. The highest BCUT2D eigenvalue weighted by Crippen LogP contribution is 2.23. The van der Waals surface area contributed by atoms with Crippen LogP contribution in [0.5, 0.6) is 0 Å². The molecule has 1 fully saturated rings. The molecule has 0 N–H and O–H groups in total. The van der Waals surface area contributed by atoms with Crippen molar-refractivity contribution >= 4 is 21.4 Å². The van der Waals surface area contributed by atoms with Crippen LogP contribution in [0.2, 0.25) is 0 Å². The first-order valence-electron chi connectivity index (χ1n) is 4.40. The van der Waals surface area contributed by atoms with Gasteiger partial charge in [0, 0.05) is 6.54 Å². The van der Waals surface area contributed by atoms with E-state index in [4.69, 9.17) is 4.84 Å². The van der Waals surface area contributed by atoms with Crippen LogP contribution in [0, 0.1) is 0 Å². The second-order valence-electron chi connectivity index (χ2n) is 3.00. The molecular formula is C8H11NO3S2. The zero-order valence-electron chi connectivity index (χ0n) is 7.55. The quantitative estimate of drug-likeness (QED) is 0.777. The first kappa shape index (κ1) is 10.1. The molecule has 78 valence electrons. The Balaban J connectivity index is 2.23. The Morgan fingerprint density at radius 2 is 2.29 bits per heavy atom. The average Bonchev–Trinajstić information content (AvgIpc) is 2.72. The lowest BCUT2D eigenvalue weighted by atomic mass is 10.3. The maximum Gasteiger partial charge on any atom is 0.274 e. The predicted octanol–water partition coefficient (Wildman–Crippen LogP) is 1.46. The van der Waals surface area contributed by atoms with Crippen LogP contribution in [0.15, 0.2) is 21.7 Å². The normalized spacial score (nSPS) is 19.7. The summed E-state index contributed by atoms with van der Waals surface area (Å²) in [5, 5.41) is 1.75. The molecule has 1 aromatic rings. The van der Waals surface area contributed by atoms with Crippen molar-refractivity contribution in [3.05, 3.63) is 17.5 Å². The van der Waals surface area contributed by atoms with Crippen LogP contribution in [-0.4, -0.2) is 26.0 Å². The second-order valence-corrected chi connectivity index (χ2v) is 6.01. The van der Waals surface area contributed by atoms with E-state index in [1.807, 2.05) is 0 Å². The van der Waals surface area contributed by atoms with Crippen LogP contribution < -0.4 is 0 Å². The molecule has 0 aliphatic carbocycles. The number of hydroxylamine groups is 1. The van der Waals surface area contributed by atoms with Gasteiger partial charge in [-0.2, -0.15) is 0 Å². The van der Waals surface area contributed by atoms with Gasteiger partial charge < -0.3 is 0 Å². The summed E-state index contributed by atoms with van der Waals surface area (Å²) in [6, 6.07) is 3.32. The zero-order chi connectivity index (χ0) is 10.0. The van der Waals surface area contributed by atoms with Crippen molar-refractivity contribution in [3.63, 3.8) is 0 Å². The van der Waals surface area contributed by atoms with Crippen molar-refractivity contribution < 1.29 is 13.3 Å². The SMILES string of the molecule is O=S(=O)(c1cccs1)N1CCCCO1. The minimum Gasteiger partial charge on any atom is -0.284 e. The van der Waals surface area contributed by atoms with Crippen LogP contribution in [0.1, 0.15) is 12.8 Å². The standard InChI is InChI=1S/C8H11NO3S2/c10-14(11,8-4-3-7-13-8)9-5-1-2-6-12-9/h3-4,7H,1-2,5-6H2. The molecule has 0 amide bonds. The Kier molecular flexibility index (Phi) is 2.87. The molecule has 0 radical (unpaired) electrons. The summed E-state index contributed by atoms with van der Waals surface area (Å²) in [6.45, 7) is 0.949. The maximum atomic E-state index is 11.9. The van der Waals surface area contributed by atoms with Gasteiger partial charge in [-0.1, -0.05) is 10.5 Å². The molecule has 2 heterocycles. The molecule has 0 bridgehead atoms. The molecule has 6 heteroatoms. The summed E-state index contributed by atoms with van der Waals surface area (Å²) >= 11 is 1.21. The average molecular weight is 233 g/mol. The fourth-order valence-corrected chi connectivity index (χ4v) is 3.66. The Labute approximate surface area is 87.1 Å². The van der Waals surface area contributed by atoms with E-state index >= 15 is 0 Å². The molecule has 0 aromatic carbocycles. The van der Waals surface area contributed by atoms with E-state index in [1.54, 1.807) is 17.5 Å².